The predicted molar refractivity (Wildman–Crippen MR) is 66.5 cm³/mol. The molecule has 1 heterocycles. The van der Waals surface area contributed by atoms with Crippen molar-refractivity contribution >= 4 is 23.6 Å². The van der Waals surface area contributed by atoms with E-state index in [0.717, 1.165) is 30.1 Å². The van der Waals surface area contributed by atoms with Crippen molar-refractivity contribution in [3.63, 3.8) is 0 Å². The number of rotatable bonds is 6. The number of pyridine rings is 1. The molecule has 110 valence electrons. The molecule has 0 atom stereocenters. The summed E-state index contributed by atoms with van der Waals surface area (Å²) in [5, 5.41) is 10.8. The molecule has 20 heavy (non-hydrogen) atoms. The molecule has 0 bridgehead atoms. The summed E-state index contributed by atoms with van der Waals surface area (Å²) >= 11 is 1.13. The van der Waals surface area contributed by atoms with Gasteiger partial charge in [0, 0.05) is 18.5 Å². The number of carboxylic acids is 1. The zero-order valence-corrected chi connectivity index (χ0v) is 10.9. The summed E-state index contributed by atoms with van der Waals surface area (Å²) in [5.41, 5.74) is -1.05. The van der Waals surface area contributed by atoms with Gasteiger partial charge >= 0.3 is 12.1 Å². The number of hydrogen-bond acceptors (Lipinski definition) is 4. The average molecular weight is 308 g/mol. The highest BCUT2D eigenvalue weighted by Crippen LogP contribution is 2.27. The molecule has 1 amide bonds. The van der Waals surface area contributed by atoms with E-state index in [9.17, 15) is 22.8 Å². The van der Waals surface area contributed by atoms with Crippen molar-refractivity contribution < 1.29 is 27.9 Å². The predicted octanol–water partition coefficient (Wildman–Crippen LogP) is 1.65. The average Bonchev–Trinajstić information content (AvgIpc) is 2.37. The summed E-state index contributed by atoms with van der Waals surface area (Å²) in [6, 6.07) is 1.77. The van der Waals surface area contributed by atoms with Gasteiger partial charge in [0.05, 0.1) is 11.3 Å². The molecule has 0 unspecified atom stereocenters. The quantitative estimate of drug-likeness (QED) is 0.781. The lowest BCUT2D eigenvalue weighted by atomic mass is 10.2. The largest absolute Gasteiger partial charge is 0.481 e. The molecular weight excluding hydrogens is 297 g/mol. The Labute approximate surface area is 116 Å². The van der Waals surface area contributed by atoms with Crippen LogP contribution in [0.1, 0.15) is 16.1 Å². The normalized spacial score (nSPS) is 11.2. The van der Waals surface area contributed by atoms with Crippen molar-refractivity contribution in [1.82, 2.24) is 10.3 Å². The molecule has 1 aromatic heterocycles. The lowest BCUT2D eigenvalue weighted by Gasteiger charge is -2.07. The molecule has 0 radical (unpaired) electrons. The molecule has 0 aliphatic carbocycles. The minimum atomic E-state index is -4.54. The number of carbonyl (C=O) groups excluding carboxylic acids is 1. The van der Waals surface area contributed by atoms with Crippen molar-refractivity contribution in [2.75, 3.05) is 18.1 Å². The van der Waals surface area contributed by atoms with Gasteiger partial charge in [0.25, 0.3) is 5.91 Å². The van der Waals surface area contributed by atoms with Crippen LogP contribution in [0.5, 0.6) is 0 Å². The summed E-state index contributed by atoms with van der Waals surface area (Å²) in [6.07, 6.45) is -3.69. The Morgan fingerprint density at radius 1 is 1.35 bits per heavy atom. The van der Waals surface area contributed by atoms with Crippen molar-refractivity contribution in [3.8, 4) is 0 Å². The third-order valence-corrected chi connectivity index (χ3v) is 3.02. The lowest BCUT2D eigenvalue weighted by molar-refractivity contribution is -0.141. The molecule has 9 heteroatoms. The van der Waals surface area contributed by atoms with Crippen LogP contribution in [-0.2, 0) is 11.0 Å². The monoisotopic (exact) mass is 308 g/mol. The Kier molecular flexibility index (Phi) is 5.81. The fourth-order valence-electron chi connectivity index (χ4n) is 1.19. The third-order valence-electron chi connectivity index (χ3n) is 2.07. The van der Waals surface area contributed by atoms with Gasteiger partial charge in [0.2, 0.25) is 0 Å². The Hall–Kier alpha value is -1.77. The van der Waals surface area contributed by atoms with Crippen LogP contribution in [0.4, 0.5) is 13.2 Å². The van der Waals surface area contributed by atoms with E-state index in [1.54, 1.807) is 0 Å². The van der Waals surface area contributed by atoms with Crippen LogP contribution in [0.25, 0.3) is 0 Å². The Morgan fingerprint density at radius 2 is 2.05 bits per heavy atom. The van der Waals surface area contributed by atoms with E-state index in [0.29, 0.717) is 5.75 Å². The van der Waals surface area contributed by atoms with Gasteiger partial charge in [0.1, 0.15) is 5.69 Å². The topological polar surface area (TPSA) is 79.3 Å². The maximum atomic E-state index is 12.3. The molecule has 0 aliphatic heterocycles. The minimum absolute atomic E-state index is 0.0150. The highest BCUT2D eigenvalue weighted by atomic mass is 32.2. The van der Waals surface area contributed by atoms with Gasteiger partial charge in [-0.05, 0) is 12.1 Å². The number of aliphatic carboxylic acids is 1. The van der Waals surface area contributed by atoms with Crippen LogP contribution in [0.15, 0.2) is 18.3 Å². The van der Waals surface area contributed by atoms with Crippen molar-refractivity contribution in [1.29, 1.82) is 0 Å². The number of thioether (sulfide) groups is 1. The lowest BCUT2D eigenvalue weighted by Crippen LogP contribution is -2.26. The summed E-state index contributed by atoms with van der Waals surface area (Å²) in [4.78, 5) is 24.9. The first-order valence-corrected chi connectivity index (χ1v) is 6.57. The van der Waals surface area contributed by atoms with Gasteiger partial charge < -0.3 is 10.4 Å². The van der Waals surface area contributed by atoms with Gasteiger partial charge in [-0.2, -0.15) is 13.2 Å². The molecule has 2 N–H and O–H groups in total. The van der Waals surface area contributed by atoms with Crippen LogP contribution in [0, 0.1) is 0 Å². The second kappa shape index (κ2) is 7.13. The summed E-state index contributed by atoms with van der Waals surface area (Å²) in [7, 11) is 0. The molecular formula is C11H11F3N2O3S. The van der Waals surface area contributed by atoms with Crippen LogP contribution in [0.3, 0.4) is 0 Å². The highest BCUT2D eigenvalue weighted by molar-refractivity contribution is 7.99. The second-order valence-corrected chi connectivity index (χ2v) is 4.74. The molecule has 0 saturated carbocycles. The van der Waals surface area contributed by atoms with E-state index < -0.39 is 23.7 Å². The molecule has 0 spiro atoms. The molecule has 1 aromatic rings. The van der Waals surface area contributed by atoms with E-state index in [4.69, 9.17) is 5.11 Å². The van der Waals surface area contributed by atoms with Gasteiger partial charge in [-0.3, -0.25) is 14.6 Å². The molecule has 0 aliphatic rings. The van der Waals surface area contributed by atoms with Gasteiger partial charge in [-0.15, -0.1) is 11.8 Å². The van der Waals surface area contributed by atoms with Gasteiger partial charge in [-0.25, -0.2) is 0 Å². The third kappa shape index (κ3) is 5.47. The van der Waals surface area contributed by atoms with Gasteiger partial charge in [-0.1, -0.05) is 0 Å². The van der Waals surface area contributed by atoms with Crippen molar-refractivity contribution in [2.24, 2.45) is 0 Å². The molecule has 0 aromatic carbocycles. The molecule has 0 fully saturated rings. The Balaban J connectivity index is 2.42. The number of carbonyl (C=O) groups is 2. The number of amides is 1. The van der Waals surface area contributed by atoms with Crippen LogP contribution in [0.2, 0.25) is 0 Å². The van der Waals surface area contributed by atoms with Crippen LogP contribution < -0.4 is 5.32 Å². The van der Waals surface area contributed by atoms with E-state index in [-0.39, 0.29) is 17.9 Å². The highest BCUT2D eigenvalue weighted by Gasteiger charge is 2.32. The standard InChI is InChI=1S/C11H11F3N2O3S/c12-11(13,14)8-2-1-7(5-16-8)10(19)15-3-4-20-6-9(17)18/h1-2,5H,3-4,6H2,(H,15,19)(H,17,18). The smallest absolute Gasteiger partial charge is 0.433 e. The number of nitrogens with one attached hydrogen (secondary N) is 1. The fraction of sp³-hybridized carbons (Fsp3) is 0.364. The summed E-state index contributed by atoms with van der Waals surface area (Å²) < 4.78 is 36.8. The van der Waals surface area contributed by atoms with Crippen molar-refractivity contribution in [3.05, 3.63) is 29.6 Å². The van der Waals surface area contributed by atoms with E-state index in [1.165, 1.54) is 0 Å². The summed E-state index contributed by atoms with van der Waals surface area (Å²) in [6.45, 7) is 0.220. The van der Waals surface area contributed by atoms with E-state index in [2.05, 4.69) is 10.3 Å². The second-order valence-electron chi connectivity index (χ2n) is 3.63. The maximum absolute atomic E-state index is 12.3. The SMILES string of the molecule is O=C(O)CSCCNC(=O)c1ccc(C(F)(F)F)nc1. The number of nitrogens with zero attached hydrogens (tertiary/aromatic N) is 1. The fourth-order valence-corrected chi connectivity index (χ4v) is 1.76. The Bertz CT molecular complexity index is 477. The maximum Gasteiger partial charge on any atom is 0.433 e. The van der Waals surface area contributed by atoms with Gasteiger partial charge in [0.15, 0.2) is 0 Å². The van der Waals surface area contributed by atoms with Crippen molar-refractivity contribution in [2.45, 2.75) is 6.18 Å². The number of alkyl halides is 3. The summed E-state index contributed by atoms with van der Waals surface area (Å²) in [5.74, 6) is -1.18. The number of halogens is 3. The first kappa shape index (κ1) is 16.3. The molecule has 5 nitrogen and oxygen atoms in total. The van der Waals surface area contributed by atoms with Crippen LogP contribution in [-0.4, -0.2) is 40.0 Å². The number of carboxylic acid groups (broad SMARTS) is 1. The van der Waals surface area contributed by atoms with E-state index in [1.807, 2.05) is 0 Å². The first-order chi connectivity index (χ1) is 9.30. The molecule has 0 saturated heterocycles. The molecule has 1 rings (SSSR count). The minimum Gasteiger partial charge on any atom is -0.481 e. The van der Waals surface area contributed by atoms with Crippen LogP contribution >= 0.6 is 11.8 Å². The zero-order valence-electron chi connectivity index (χ0n) is 10.1. The number of aromatic nitrogens is 1. The first-order valence-electron chi connectivity index (χ1n) is 5.41. The zero-order chi connectivity index (χ0) is 15.2. The Morgan fingerprint density at radius 3 is 2.55 bits per heavy atom. The number of hydrogen-bond donors (Lipinski definition) is 2. The van der Waals surface area contributed by atoms with E-state index >= 15 is 0 Å².